The Balaban J connectivity index is 1.74. The monoisotopic (exact) mass is 344 g/mol. The van der Waals surface area contributed by atoms with Crippen molar-refractivity contribution in [3.8, 4) is 5.75 Å². The van der Waals surface area contributed by atoms with Gasteiger partial charge in [-0.05, 0) is 18.2 Å². The summed E-state index contributed by atoms with van der Waals surface area (Å²) in [6, 6.07) is 12.6. The first-order valence-electron chi connectivity index (χ1n) is 6.85. The van der Waals surface area contributed by atoms with Crippen LogP contribution in [0.5, 0.6) is 5.75 Å². The zero-order valence-corrected chi connectivity index (χ0v) is 13.7. The van der Waals surface area contributed by atoms with Crippen LogP contribution in [0.25, 0.3) is 15.9 Å². The quantitative estimate of drug-likeness (QED) is 0.788. The molecule has 0 unspecified atom stereocenters. The number of H-pyrrole nitrogens is 1. The molecule has 0 saturated heterocycles. The average Bonchev–Trinajstić information content (AvgIpc) is 3.05. The van der Waals surface area contributed by atoms with Gasteiger partial charge in [0, 0.05) is 16.5 Å². The molecule has 116 valence electrons. The van der Waals surface area contributed by atoms with E-state index in [9.17, 15) is 8.42 Å². The number of benzene rings is 2. The van der Waals surface area contributed by atoms with Crippen molar-refractivity contribution >= 4 is 37.5 Å². The second-order valence-electron chi connectivity index (χ2n) is 5.05. The molecule has 1 N–H and O–H groups in total. The highest BCUT2D eigenvalue weighted by molar-refractivity contribution is 8.09. The predicted molar refractivity (Wildman–Crippen MR) is 90.1 cm³/mol. The van der Waals surface area contributed by atoms with E-state index in [2.05, 4.69) is 9.97 Å². The van der Waals surface area contributed by atoms with E-state index in [1.807, 2.05) is 30.3 Å². The minimum atomic E-state index is -3.36. The lowest BCUT2D eigenvalue weighted by Crippen LogP contribution is -1.91. The Morgan fingerprint density at radius 2 is 2.00 bits per heavy atom. The zero-order chi connectivity index (χ0) is 16.0. The van der Waals surface area contributed by atoms with Crippen LogP contribution in [-0.4, -0.2) is 25.5 Å². The molecule has 5 nitrogen and oxygen atoms in total. The van der Waals surface area contributed by atoms with E-state index in [0.29, 0.717) is 15.0 Å². The second kappa shape index (κ2) is 5.14. The summed E-state index contributed by atoms with van der Waals surface area (Å²) in [7, 11) is -1.75. The number of imidazole rings is 1. The van der Waals surface area contributed by atoms with Gasteiger partial charge in [-0.15, -0.1) is 0 Å². The van der Waals surface area contributed by atoms with Gasteiger partial charge in [-0.3, -0.25) is 0 Å². The van der Waals surface area contributed by atoms with Crippen molar-refractivity contribution in [3.05, 3.63) is 53.4 Å². The molecule has 1 aromatic heterocycles. The number of hydrogen-bond donors (Lipinski definition) is 1. The van der Waals surface area contributed by atoms with E-state index in [4.69, 9.17) is 4.74 Å². The Hall–Kier alpha value is -2.25. The number of hydrogen-bond acceptors (Lipinski definition) is 5. The molecule has 2 aromatic carbocycles. The largest absolute Gasteiger partial charge is 0.497 e. The maximum atomic E-state index is 12.2. The maximum absolute atomic E-state index is 12.2. The van der Waals surface area contributed by atoms with E-state index >= 15 is 0 Å². The number of sulfone groups is 1. The molecule has 0 aliphatic carbocycles. The Labute approximate surface area is 137 Å². The normalized spacial score (nSPS) is 15.4. The summed E-state index contributed by atoms with van der Waals surface area (Å²) in [5.74, 6) is 0.741. The molecule has 23 heavy (non-hydrogen) atoms. The van der Waals surface area contributed by atoms with Gasteiger partial charge in [-0.25, -0.2) is 13.4 Å². The number of nitrogens with zero attached hydrogens (tertiary/aromatic N) is 1. The topological polar surface area (TPSA) is 72.0 Å². The van der Waals surface area contributed by atoms with Gasteiger partial charge in [0.05, 0.1) is 28.4 Å². The first-order chi connectivity index (χ1) is 11.1. The number of aromatic amines is 1. The first-order valence-corrected chi connectivity index (χ1v) is 9.21. The summed E-state index contributed by atoms with van der Waals surface area (Å²) in [6.07, 6.45) is 0. The van der Waals surface area contributed by atoms with Crippen molar-refractivity contribution in [1.82, 2.24) is 9.97 Å². The Morgan fingerprint density at radius 3 is 2.83 bits per heavy atom. The second-order valence-corrected chi connectivity index (χ2v) is 7.85. The maximum Gasteiger partial charge on any atom is 0.201 e. The summed E-state index contributed by atoms with van der Waals surface area (Å²) in [5, 5.41) is 1.95. The highest BCUT2D eigenvalue weighted by Crippen LogP contribution is 2.42. The van der Waals surface area contributed by atoms with Gasteiger partial charge in [0.25, 0.3) is 0 Å². The van der Waals surface area contributed by atoms with E-state index in [1.54, 1.807) is 19.2 Å². The minimum Gasteiger partial charge on any atom is -0.497 e. The summed E-state index contributed by atoms with van der Waals surface area (Å²) in [6.45, 7) is 0. The standard InChI is InChI=1S/C16H12N2O3S2/c1-21-10-6-7-12-13(8-10)18-16(17-12)22-14-9-23(19,20)15-5-3-2-4-11(14)15/h2-9H,1H3,(H,17,18). The SMILES string of the molecule is COc1ccc2nc(SC3=CS(=O)(=O)c4ccccc43)[nH]c2c1. The number of fused-ring (bicyclic) bond motifs is 2. The van der Waals surface area contributed by atoms with Gasteiger partial charge in [0.15, 0.2) is 5.16 Å². The van der Waals surface area contributed by atoms with Gasteiger partial charge < -0.3 is 9.72 Å². The van der Waals surface area contributed by atoms with Gasteiger partial charge in [-0.2, -0.15) is 0 Å². The molecule has 0 fully saturated rings. The van der Waals surface area contributed by atoms with Gasteiger partial charge in [-0.1, -0.05) is 30.0 Å². The molecular weight excluding hydrogens is 332 g/mol. The summed E-state index contributed by atoms with van der Waals surface area (Å²) in [5.41, 5.74) is 2.38. The molecule has 1 aliphatic heterocycles. The Kier molecular flexibility index (Phi) is 3.21. The van der Waals surface area contributed by atoms with Crippen LogP contribution in [0.2, 0.25) is 0 Å². The van der Waals surface area contributed by atoms with Gasteiger partial charge in [0.1, 0.15) is 5.75 Å². The molecule has 0 radical (unpaired) electrons. The van der Waals surface area contributed by atoms with Crippen molar-refractivity contribution in [2.75, 3.05) is 7.11 Å². The minimum absolute atomic E-state index is 0.347. The molecule has 0 atom stereocenters. The van der Waals surface area contributed by atoms with Gasteiger partial charge >= 0.3 is 0 Å². The van der Waals surface area contributed by atoms with Crippen LogP contribution in [0.3, 0.4) is 0 Å². The highest BCUT2D eigenvalue weighted by atomic mass is 32.2. The smallest absolute Gasteiger partial charge is 0.201 e. The lowest BCUT2D eigenvalue weighted by Gasteiger charge is -2.01. The molecule has 0 spiro atoms. The molecular formula is C16H12N2O3S2. The Bertz CT molecular complexity index is 1050. The molecule has 4 rings (SSSR count). The average molecular weight is 344 g/mol. The zero-order valence-electron chi connectivity index (χ0n) is 12.1. The number of ether oxygens (including phenoxy) is 1. The molecule has 0 saturated carbocycles. The van der Waals surface area contributed by atoms with Crippen molar-refractivity contribution < 1.29 is 13.2 Å². The third-order valence-electron chi connectivity index (χ3n) is 3.60. The number of methoxy groups -OCH3 is 1. The van der Waals surface area contributed by atoms with Crippen LogP contribution in [0.15, 0.2) is 57.9 Å². The third-order valence-corrected chi connectivity index (χ3v) is 6.20. The van der Waals surface area contributed by atoms with Crippen LogP contribution in [-0.2, 0) is 9.84 Å². The molecule has 0 amide bonds. The van der Waals surface area contributed by atoms with Crippen molar-refractivity contribution in [2.24, 2.45) is 0 Å². The van der Waals surface area contributed by atoms with Crippen molar-refractivity contribution in [1.29, 1.82) is 0 Å². The van der Waals surface area contributed by atoms with E-state index in [-0.39, 0.29) is 0 Å². The van der Waals surface area contributed by atoms with E-state index < -0.39 is 9.84 Å². The summed E-state index contributed by atoms with van der Waals surface area (Å²) in [4.78, 5) is 8.70. The van der Waals surface area contributed by atoms with E-state index in [0.717, 1.165) is 22.3 Å². The van der Waals surface area contributed by atoms with Crippen LogP contribution < -0.4 is 4.74 Å². The fourth-order valence-corrected chi connectivity index (χ4v) is 5.24. The Morgan fingerprint density at radius 1 is 1.17 bits per heavy atom. The van der Waals surface area contributed by atoms with E-state index in [1.165, 1.54) is 17.2 Å². The lowest BCUT2D eigenvalue weighted by atomic mass is 10.2. The van der Waals surface area contributed by atoms with Crippen LogP contribution in [0.4, 0.5) is 0 Å². The highest BCUT2D eigenvalue weighted by Gasteiger charge is 2.27. The first kappa shape index (κ1) is 14.3. The molecule has 0 bridgehead atoms. The fraction of sp³-hybridized carbons (Fsp3) is 0.0625. The molecule has 1 aliphatic rings. The molecule has 2 heterocycles. The fourth-order valence-electron chi connectivity index (χ4n) is 2.51. The van der Waals surface area contributed by atoms with Crippen LogP contribution in [0.1, 0.15) is 5.56 Å². The molecule has 7 heteroatoms. The number of thioether (sulfide) groups is 1. The van der Waals surface area contributed by atoms with Gasteiger partial charge in [0.2, 0.25) is 9.84 Å². The van der Waals surface area contributed by atoms with Crippen LogP contribution >= 0.6 is 11.8 Å². The number of rotatable bonds is 3. The van der Waals surface area contributed by atoms with Crippen LogP contribution in [0, 0.1) is 0 Å². The predicted octanol–water partition coefficient (Wildman–Crippen LogP) is 3.45. The number of aromatic nitrogens is 2. The molecule has 3 aromatic rings. The summed E-state index contributed by atoms with van der Waals surface area (Å²) >= 11 is 1.31. The van der Waals surface area contributed by atoms with Crippen molar-refractivity contribution in [2.45, 2.75) is 10.1 Å². The van der Waals surface area contributed by atoms with Crippen molar-refractivity contribution in [3.63, 3.8) is 0 Å². The number of nitrogens with one attached hydrogen (secondary N) is 1. The summed E-state index contributed by atoms with van der Waals surface area (Å²) < 4.78 is 29.5. The third kappa shape index (κ3) is 2.42. The lowest BCUT2D eigenvalue weighted by molar-refractivity contribution is 0.415.